The Hall–Kier alpha value is -1.70. The number of sulfonamides is 1. The van der Waals surface area contributed by atoms with Crippen molar-refractivity contribution in [1.29, 1.82) is 0 Å². The van der Waals surface area contributed by atoms with Crippen LogP contribution >= 0.6 is 0 Å². The van der Waals surface area contributed by atoms with Crippen LogP contribution in [0.25, 0.3) is 11.3 Å². The van der Waals surface area contributed by atoms with Crippen LogP contribution in [0.5, 0.6) is 0 Å². The molecule has 26 heavy (non-hydrogen) atoms. The standard InChI is InChI=1S/C19H25N3O3S/c1-13-5-6-15(18-11-21-14(2)25-18)10-19(13)26(23,24)22-9-7-17-16(12-22)4-3-8-20-17/h5-6,10-11,16-17,20H,3-4,7-9,12H2,1-2H3/t16-,17+/m1/s1. The molecule has 0 saturated carbocycles. The first-order chi connectivity index (χ1) is 12.4. The van der Waals surface area contributed by atoms with Gasteiger partial charge in [0.25, 0.3) is 0 Å². The van der Waals surface area contributed by atoms with Crippen molar-refractivity contribution in [3.63, 3.8) is 0 Å². The molecule has 6 nitrogen and oxygen atoms in total. The van der Waals surface area contributed by atoms with Gasteiger partial charge in [-0.3, -0.25) is 0 Å². The van der Waals surface area contributed by atoms with E-state index in [9.17, 15) is 8.42 Å². The van der Waals surface area contributed by atoms with E-state index in [4.69, 9.17) is 4.42 Å². The number of piperidine rings is 2. The third-order valence-electron chi connectivity index (χ3n) is 5.57. The highest BCUT2D eigenvalue weighted by Crippen LogP contribution is 2.32. The average molecular weight is 375 g/mol. The molecule has 0 bridgehead atoms. The van der Waals surface area contributed by atoms with E-state index < -0.39 is 10.0 Å². The number of fused-ring (bicyclic) bond motifs is 1. The molecule has 3 heterocycles. The number of oxazole rings is 1. The summed E-state index contributed by atoms with van der Waals surface area (Å²) in [6.45, 7) is 5.84. The first-order valence-corrected chi connectivity index (χ1v) is 10.7. The van der Waals surface area contributed by atoms with E-state index in [1.165, 1.54) is 0 Å². The number of rotatable bonds is 3. The lowest BCUT2D eigenvalue weighted by Gasteiger charge is -2.41. The van der Waals surface area contributed by atoms with Crippen LogP contribution in [-0.4, -0.2) is 43.4 Å². The lowest BCUT2D eigenvalue weighted by molar-refractivity contribution is 0.171. The van der Waals surface area contributed by atoms with Gasteiger partial charge in [0.05, 0.1) is 11.1 Å². The number of nitrogens with one attached hydrogen (secondary N) is 1. The Morgan fingerprint density at radius 2 is 2.12 bits per heavy atom. The zero-order valence-electron chi connectivity index (χ0n) is 15.2. The lowest BCUT2D eigenvalue weighted by Crippen LogP contribution is -2.53. The monoisotopic (exact) mass is 375 g/mol. The minimum absolute atomic E-state index is 0.367. The maximum atomic E-state index is 13.3. The molecular weight excluding hydrogens is 350 g/mol. The highest BCUT2D eigenvalue weighted by atomic mass is 32.2. The normalized spacial score (nSPS) is 24.4. The van der Waals surface area contributed by atoms with Gasteiger partial charge in [-0.1, -0.05) is 12.1 Å². The van der Waals surface area contributed by atoms with Crippen LogP contribution in [0.2, 0.25) is 0 Å². The van der Waals surface area contributed by atoms with Crippen molar-refractivity contribution in [2.75, 3.05) is 19.6 Å². The fourth-order valence-corrected chi connectivity index (χ4v) is 5.86. The number of aryl methyl sites for hydroxylation is 2. The zero-order chi connectivity index (χ0) is 18.3. The topological polar surface area (TPSA) is 75.4 Å². The molecule has 2 saturated heterocycles. The second-order valence-corrected chi connectivity index (χ2v) is 9.24. The van der Waals surface area contributed by atoms with Crippen LogP contribution in [0.3, 0.4) is 0 Å². The Kier molecular flexibility index (Phi) is 4.62. The summed E-state index contributed by atoms with van der Waals surface area (Å²) in [5.41, 5.74) is 1.50. The molecule has 0 unspecified atom stereocenters. The molecule has 1 aromatic heterocycles. The Labute approximate surface area is 154 Å². The fourth-order valence-electron chi connectivity index (χ4n) is 4.10. The molecule has 2 aliphatic rings. The summed E-state index contributed by atoms with van der Waals surface area (Å²) in [4.78, 5) is 4.48. The summed E-state index contributed by atoms with van der Waals surface area (Å²) in [6.07, 6.45) is 4.73. The second-order valence-electron chi connectivity index (χ2n) is 7.34. The number of aromatic nitrogens is 1. The van der Waals surface area contributed by atoms with Crippen molar-refractivity contribution in [3.05, 3.63) is 35.9 Å². The maximum Gasteiger partial charge on any atom is 0.243 e. The molecule has 7 heteroatoms. The van der Waals surface area contributed by atoms with Gasteiger partial charge in [0.15, 0.2) is 11.7 Å². The van der Waals surface area contributed by atoms with Crippen molar-refractivity contribution in [3.8, 4) is 11.3 Å². The summed E-state index contributed by atoms with van der Waals surface area (Å²) >= 11 is 0. The molecule has 2 aliphatic heterocycles. The highest BCUT2D eigenvalue weighted by Gasteiger charge is 2.37. The summed E-state index contributed by atoms with van der Waals surface area (Å²) in [7, 11) is -3.52. The van der Waals surface area contributed by atoms with Crippen LogP contribution in [-0.2, 0) is 10.0 Å². The largest absolute Gasteiger partial charge is 0.441 e. The number of hydrogen-bond donors (Lipinski definition) is 1. The minimum Gasteiger partial charge on any atom is -0.441 e. The molecule has 0 aliphatic carbocycles. The van der Waals surface area contributed by atoms with Gasteiger partial charge in [0.2, 0.25) is 10.0 Å². The molecular formula is C19H25N3O3S. The molecule has 2 fully saturated rings. The van der Waals surface area contributed by atoms with Crippen molar-refractivity contribution < 1.29 is 12.8 Å². The molecule has 1 N–H and O–H groups in total. The summed E-state index contributed by atoms with van der Waals surface area (Å²) in [6, 6.07) is 5.90. The third-order valence-corrected chi connectivity index (χ3v) is 7.57. The van der Waals surface area contributed by atoms with Gasteiger partial charge in [-0.15, -0.1) is 0 Å². The Balaban J connectivity index is 1.65. The first kappa shape index (κ1) is 17.7. The molecule has 0 spiro atoms. The van der Waals surface area contributed by atoms with Crippen molar-refractivity contribution in [2.24, 2.45) is 5.92 Å². The van der Waals surface area contributed by atoms with Gasteiger partial charge in [0, 0.05) is 31.6 Å². The summed E-state index contributed by atoms with van der Waals surface area (Å²) < 4.78 is 33.9. The van der Waals surface area contributed by atoms with E-state index in [0.29, 0.717) is 41.6 Å². The quantitative estimate of drug-likeness (QED) is 0.893. The first-order valence-electron chi connectivity index (χ1n) is 9.22. The van der Waals surface area contributed by atoms with Gasteiger partial charge in [0.1, 0.15) is 0 Å². The summed E-state index contributed by atoms with van der Waals surface area (Å²) in [5, 5.41) is 3.54. The molecule has 140 valence electrons. The molecule has 2 aromatic rings. The van der Waals surface area contributed by atoms with Crippen LogP contribution in [0.4, 0.5) is 0 Å². The fraction of sp³-hybridized carbons (Fsp3) is 0.526. The predicted octanol–water partition coefficient (Wildman–Crippen LogP) is 2.72. The number of hydrogen-bond acceptors (Lipinski definition) is 5. The van der Waals surface area contributed by atoms with E-state index >= 15 is 0 Å². The molecule has 4 rings (SSSR count). The van der Waals surface area contributed by atoms with Crippen molar-refractivity contribution in [1.82, 2.24) is 14.6 Å². The lowest BCUT2D eigenvalue weighted by atomic mass is 9.86. The van der Waals surface area contributed by atoms with Crippen LogP contribution in [0.15, 0.2) is 33.7 Å². The van der Waals surface area contributed by atoms with Gasteiger partial charge in [-0.25, -0.2) is 13.4 Å². The minimum atomic E-state index is -3.52. The third kappa shape index (κ3) is 3.19. The SMILES string of the molecule is Cc1ncc(-c2ccc(C)c(S(=O)(=O)N3CC[C@@H]4NCCC[C@@H]4C3)c2)o1. The van der Waals surface area contributed by atoms with Crippen molar-refractivity contribution >= 4 is 10.0 Å². The Morgan fingerprint density at radius 3 is 2.88 bits per heavy atom. The van der Waals surface area contributed by atoms with Crippen molar-refractivity contribution in [2.45, 2.75) is 44.0 Å². The van der Waals surface area contributed by atoms with Gasteiger partial charge >= 0.3 is 0 Å². The molecule has 2 atom stereocenters. The van der Waals surface area contributed by atoms with E-state index in [2.05, 4.69) is 10.3 Å². The van der Waals surface area contributed by atoms with E-state index in [1.54, 1.807) is 23.5 Å². The Morgan fingerprint density at radius 1 is 1.27 bits per heavy atom. The van der Waals surface area contributed by atoms with Gasteiger partial charge < -0.3 is 9.73 Å². The van der Waals surface area contributed by atoms with E-state index in [0.717, 1.165) is 36.9 Å². The van der Waals surface area contributed by atoms with Gasteiger partial charge in [-0.2, -0.15) is 4.31 Å². The van der Waals surface area contributed by atoms with Crippen LogP contribution < -0.4 is 5.32 Å². The number of benzene rings is 1. The molecule has 0 amide bonds. The van der Waals surface area contributed by atoms with Crippen LogP contribution in [0, 0.1) is 19.8 Å². The molecule has 0 radical (unpaired) electrons. The summed E-state index contributed by atoms with van der Waals surface area (Å²) in [5.74, 6) is 1.57. The molecule has 1 aromatic carbocycles. The Bertz CT molecular complexity index is 907. The highest BCUT2D eigenvalue weighted by molar-refractivity contribution is 7.89. The second kappa shape index (κ2) is 6.79. The smallest absolute Gasteiger partial charge is 0.243 e. The average Bonchev–Trinajstić information content (AvgIpc) is 3.08. The number of nitrogens with zero attached hydrogens (tertiary/aromatic N) is 2. The van der Waals surface area contributed by atoms with E-state index in [-0.39, 0.29) is 0 Å². The maximum absolute atomic E-state index is 13.3. The van der Waals surface area contributed by atoms with Gasteiger partial charge in [-0.05, 0) is 50.3 Å². The zero-order valence-corrected chi connectivity index (χ0v) is 16.1. The predicted molar refractivity (Wildman–Crippen MR) is 99.3 cm³/mol. The van der Waals surface area contributed by atoms with Crippen LogP contribution in [0.1, 0.15) is 30.7 Å². The van der Waals surface area contributed by atoms with E-state index in [1.807, 2.05) is 19.1 Å².